The molecule has 6 nitrogen and oxygen atoms in total. The van der Waals surface area contributed by atoms with Crippen LogP contribution >= 0.6 is 0 Å². The first kappa shape index (κ1) is 22.4. The monoisotopic (exact) mass is 451 g/mol. The van der Waals surface area contributed by atoms with Gasteiger partial charge in [-0.25, -0.2) is 0 Å². The summed E-state index contributed by atoms with van der Waals surface area (Å²) in [6.45, 7) is 4.72. The van der Waals surface area contributed by atoms with Gasteiger partial charge in [0.1, 0.15) is 6.04 Å². The van der Waals surface area contributed by atoms with Crippen LogP contribution in [-0.2, 0) is 14.4 Å². The Morgan fingerprint density at radius 2 is 1.48 bits per heavy atom. The molecule has 5 fully saturated rings. The molecule has 1 unspecified atom stereocenters. The van der Waals surface area contributed by atoms with Crippen LogP contribution in [0.4, 0.5) is 11.4 Å². The second-order valence-corrected chi connectivity index (χ2v) is 11.6. The molecule has 33 heavy (non-hydrogen) atoms. The molecular weight excluding hydrogens is 414 g/mol. The summed E-state index contributed by atoms with van der Waals surface area (Å²) in [4.78, 5) is 40.8. The third-order valence-corrected chi connectivity index (χ3v) is 8.34. The van der Waals surface area contributed by atoms with Gasteiger partial charge in [0.15, 0.2) is 0 Å². The third kappa shape index (κ3) is 4.53. The molecule has 1 atom stereocenters. The molecule has 178 valence electrons. The Hall–Kier alpha value is -2.37. The van der Waals surface area contributed by atoms with Crippen molar-refractivity contribution < 1.29 is 14.4 Å². The van der Waals surface area contributed by atoms with Crippen molar-refractivity contribution in [1.82, 2.24) is 4.90 Å². The molecule has 1 heterocycles. The second kappa shape index (κ2) is 8.77. The van der Waals surface area contributed by atoms with Crippen LogP contribution in [0.1, 0.15) is 71.6 Å². The van der Waals surface area contributed by atoms with Gasteiger partial charge in [-0.1, -0.05) is 13.8 Å². The first-order valence-corrected chi connectivity index (χ1v) is 12.8. The highest BCUT2D eigenvalue weighted by atomic mass is 16.2. The highest BCUT2D eigenvalue weighted by Gasteiger charge is 2.56. The van der Waals surface area contributed by atoms with Crippen molar-refractivity contribution in [2.24, 2.45) is 29.1 Å². The number of rotatable bonds is 6. The zero-order valence-corrected chi connectivity index (χ0v) is 19.9. The summed E-state index contributed by atoms with van der Waals surface area (Å²) in [5.41, 5.74) is 1.21. The summed E-state index contributed by atoms with van der Waals surface area (Å²) in [6, 6.07) is 6.85. The highest BCUT2D eigenvalue weighted by Crippen LogP contribution is 2.60. The van der Waals surface area contributed by atoms with E-state index in [1.165, 1.54) is 19.3 Å². The quantitative estimate of drug-likeness (QED) is 0.651. The number of anilines is 2. The van der Waals surface area contributed by atoms with E-state index in [-0.39, 0.29) is 29.2 Å². The van der Waals surface area contributed by atoms with Gasteiger partial charge in [-0.2, -0.15) is 0 Å². The van der Waals surface area contributed by atoms with Crippen LogP contribution in [0, 0.1) is 29.1 Å². The predicted octanol–water partition coefficient (Wildman–Crippen LogP) is 4.82. The Morgan fingerprint density at radius 3 is 2.03 bits per heavy atom. The smallest absolute Gasteiger partial charge is 0.247 e. The fourth-order valence-corrected chi connectivity index (χ4v) is 7.40. The summed E-state index contributed by atoms with van der Waals surface area (Å²) in [6.07, 6.45) is 9.13. The standard InChI is InChI=1S/C27H37N3O3/c1-17(2)10-24(31)28-21-5-7-22(8-6-21)29-25(32)23-4-3-9-30(23)26(33)27-14-18-11-19(15-27)13-20(12-18)16-27/h5-8,17-20,23H,3-4,9-16H2,1-2H3,(H,28,31)(H,29,32). The molecule has 2 N–H and O–H groups in total. The van der Waals surface area contributed by atoms with E-state index < -0.39 is 0 Å². The summed E-state index contributed by atoms with van der Waals surface area (Å²) in [5.74, 6) is 2.61. The molecule has 1 saturated heterocycles. The lowest BCUT2D eigenvalue weighted by Gasteiger charge is -2.56. The molecule has 0 radical (unpaired) electrons. The van der Waals surface area contributed by atoms with Gasteiger partial charge >= 0.3 is 0 Å². The summed E-state index contributed by atoms with van der Waals surface area (Å²) in [5, 5.41) is 5.90. The van der Waals surface area contributed by atoms with Gasteiger partial charge in [0.2, 0.25) is 17.7 Å². The van der Waals surface area contributed by atoms with E-state index in [1.807, 2.05) is 30.9 Å². The maximum atomic E-state index is 13.8. The van der Waals surface area contributed by atoms with Gasteiger partial charge in [-0.05, 0) is 99.3 Å². The highest BCUT2D eigenvalue weighted by molar-refractivity contribution is 5.99. The van der Waals surface area contributed by atoms with E-state index in [2.05, 4.69) is 10.6 Å². The molecule has 1 aliphatic heterocycles. The molecule has 6 heteroatoms. The van der Waals surface area contributed by atoms with Crippen molar-refractivity contribution in [1.29, 1.82) is 0 Å². The molecule has 4 aliphatic carbocycles. The minimum atomic E-state index is -0.379. The number of nitrogens with one attached hydrogen (secondary N) is 2. The Bertz CT molecular complexity index is 888. The Kier molecular flexibility index (Phi) is 5.96. The number of hydrogen-bond acceptors (Lipinski definition) is 3. The van der Waals surface area contributed by atoms with Gasteiger partial charge in [0.25, 0.3) is 0 Å². The van der Waals surface area contributed by atoms with E-state index in [4.69, 9.17) is 0 Å². The van der Waals surface area contributed by atoms with E-state index in [0.29, 0.717) is 24.6 Å². The third-order valence-electron chi connectivity index (χ3n) is 8.34. The summed E-state index contributed by atoms with van der Waals surface area (Å²) < 4.78 is 0. The van der Waals surface area contributed by atoms with Gasteiger partial charge in [0, 0.05) is 24.3 Å². The maximum Gasteiger partial charge on any atom is 0.247 e. The average Bonchev–Trinajstić information content (AvgIpc) is 3.23. The fourth-order valence-electron chi connectivity index (χ4n) is 7.40. The van der Waals surface area contributed by atoms with Crippen LogP contribution in [0.15, 0.2) is 24.3 Å². The minimum Gasteiger partial charge on any atom is -0.330 e. The Morgan fingerprint density at radius 1 is 0.939 bits per heavy atom. The molecule has 1 aromatic rings. The number of carbonyl (C=O) groups is 3. The minimum absolute atomic E-state index is 0.00780. The lowest BCUT2D eigenvalue weighted by molar-refractivity contribution is -0.160. The van der Waals surface area contributed by atoms with E-state index in [9.17, 15) is 14.4 Å². The molecule has 5 aliphatic rings. The van der Waals surface area contributed by atoms with Crippen LogP contribution in [0.5, 0.6) is 0 Å². The van der Waals surface area contributed by atoms with Gasteiger partial charge in [-0.15, -0.1) is 0 Å². The maximum absolute atomic E-state index is 13.8. The van der Waals surface area contributed by atoms with Crippen LogP contribution in [-0.4, -0.2) is 35.2 Å². The zero-order chi connectivity index (χ0) is 23.2. The summed E-state index contributed by atoms with van der Waals surface area (Å²) >= 11 is 0. The molecule has 6 rings (SSSR count). The van der Waals surface area contributed by atoms with Crippen LogP contribution in [0.2, 0.25) is 0 Å². The largest absolute Gasteiger partial charge is 0.330 e. The predicted molar refractivity (Wildman–Crippen MR) is 128 cm³/mol. The lowest BCUT2D eigenvalue weighted by atomic mass is 9.49. The van der Waals surface area contributed by atoms with Crippen LogP contribution in [0.25, 0.3) is 0 Å². The summed E-state index contributed by atoms with van der Waals surface area (Å²) in [7, 11) is 0. The van der Waals surface area contributed by atoms with Gasteiger partial charge in [0.05, 0.1) is 5.41 Å². The topological polar surface area (TPSA) is 78.5 Å². The number of nitrogens with zero attached hydrogens (tertiary/aromatic N) is 1. The molecule has 4 saturated carbocycles. The van der Waals surface area contributed by atoms with Crippen molar-refractivity contribution in [3.63, 3.8) is 0 Å². The Labute approximate surface area is 196 Å². The van der Waals surface area contributed by atoms with Crippen LogP contribution in [0.3, 0.4) is 0 Å². The molecule has 0 spiro atoms. The zero-order valence-electron chi connectivity index (χ0n) is 19.9. The number of amides is 3. The SMILES string of the molecule is CC(C)CC(=O)Nc1ccc(NC(=O)C2CCCN2C(=O)C23CC4CC(CC(C4)C2)C3)cc1. The molecule has 0 aromatic heterocycles. The number of likely N-dealkylation sites (tertiary alicyclic amines) is 1. The molecular formula is C27H37N3O3. The van der Waals surface area contributed by atoms with Crippen molar-refractivity contribution in [2.75, 3.05) is 17.2 Å². The molecule has 1 aromatic carbocycles. The Balaban J connectivity index is 1.22. The number of carbonyl (C=O) groups excluding carboxylic acids is 3. The second-order valence-electron chi connectivity index (χ2n) is 11.6. The lowest BCUT2D eigenvalue weighted by Crippen LogP contribution is -2.56. The van der Waals surface area contributed by atoms with Gasteiger partial charge < -0.3 is 15.5 Å². The first-order valence-electron chi connectivity index (χ1n) is 12.8. The normalized spacial score (nSPS) is 32.3. The van der Waals surface area contributed by atoms with Crippen molar-refractivity contribution in [3.8, 4) is 0 Å². The first-order chi connectivity index (χ1) is 15.8. The van der Waals surface area contributed by atoms with E-state index >= 15 is 0 Å². The van der Waals surface area contributed by atoms with Crippen LogP contribution < -0.4 is 10.6 Å². The average molecular weight is 452 g/mol. The van der Waals surface area contributed by atoms with Crippen molar-refractivity contribution in [3.05, 3.63) is 24.3 Å². The van der Waals surface area contributed by atoms with E-state index in [1.54, 1.807) is 12.1 Å². The van der Waals surface area contributed by atoms with Gasteiger partial charge in [-0.3, -0.25) is 14.4 Å². The fraction of sp³-hybridized carbons (Fsp3) is 0.667. The number of benzene rings is 1. The van der Waals surface area contributed by atoms with E-state index in [0.717, 1.165) is 55.5 Å². The molecule has 3 amide bonds. The molecule has 4 bridgehead atoms. The number of hydrogen-bond donors (Lipinski definition) is 2. The van der Waals surface area contributed by atoms with Crippen molar-refractivity contribution in [2.45, 2.75) is 77.7 Å². The van der Waals surface area contributed by atoms with Crippen molar-refractivity contribution >= 4 is 29.1 Å².